The average Bonchev–Trinajstić information content (AvgIpc) is 3.19. The minimum atomic E-state index is -0.656. The van der Waals surface area contributed by atoms with E-state index in [1.165, 1.54) is 0 Å². The van der Waals surface area contributed by atoms with Crippen LogP contribution < -0.4 is 0 Å². The van der Waals surface area contributed by atoms with Crippen LogP contribution in [0, 0.1) is 40.4 Å². The lowest BCUT2D eigenvalue weighted by atomic mass is 9.41. The largest absolute Gasteiger partial charge is 0.458 e. The van der Waals surface area contributed by atoms with Gasteiger partial charge in [-0.1, -0.05) is 20.8 Å². The Balaban J connectivity index is 1.51. The SMILES string of the molecule is C[C@H]1CC2C(CCC3C[C@@H](O)CC[C@@]32C)[C@@]2(O)CC[C@H](C3=CC(=O)OC3)[C@@]12C. The van der Waals surface area contributed by atoms with Gasteiger partial charge in [-0.3, -0.25) is 0 Å². The van der Waals surface area contributed by atoms with Gasteiger partial charge in [-0.15, -0.1) is 0 Å². The first kappa shape index (κ1) is 19.1. The van der Waals surface area contributed by atoms with Crippen LogP contribution in [-0.4, -0.2) is 34.5 Å². The highest BCUT2D eigenvalue weighted by Gasteiger charge is 2.69. The van der Waals surface area contributed by atoms with Crippen LogP contribution in [0.2, 0.25) is 0 Å². The van der Waals surface area contributed by atoms with Crippen LogP contribution in [0.15, 0.2) is 11.6 Å². The van der Waals surface area contributed by atoms with Gasteiger partial charge in [0.05, 0.1) is 11.7 Å². The first-order chi connectivity index (χ1) is 13.2. The lowest BCUT2D eigenvalue weighted by molar-refractivity contribution is -0.227. The molecular weight excluding hydrogens is 352 g/mol. The van der Waals surface area contributed by atoms with Crippen molar-refractivity contribution in [1.82, 2.24) is 0 Å². The highest BCUT2D eigenvalue weighted by molar-refractivity contribution is 5.85. The molecule has 4 heteroatoms. The van der Waals surface area contributed by atoms with Gasteiger partial charge >= 0.3 is 5.97 Å². The molecule has 156 valence electrons. The van der Waals surface area contributed by atoms with E-state index < -0.39 is 5.60 Å². The molecule has 5 rings (SSSR count). The van der Waals surface area contributed by atoms with Crippen molar-refractivity contribution in [1.29, 1.82) is 0 Å². The van der Waals surface area contributed by atoms with Crippen molar-refractivity contribution in [3.05, 3.63) is 11.6 Å². The Kier molecular flexibility index (Phi) is 4.15. The number of hydrogen-bond acceptors (Lipinski definition) is 4. The maximum atomic E-state index is 12.3. The quantitative estimate of drug-likeness (QED) is 0.670. The second-order valence-electron chi connectivity index (χ2n) is 11.2. The molecule has 0 aromatic rings. The van der Waals surface area contributed by atoms with Gasteiger partial charge in [-0.25, -0.2) is 4.79 Å². The Morgan fingerprint density at radius 1 is 1.07 bits per heavy atom. The summed E-state index contributed by atoms with van der Waals surface area (Å²) in [4.78, 5) is 11.7. The van der Waals surface area contributed by atoms with Gasteiger partial charge < -0.3 is 14.9 Å². The molecule has 0 amide bonds. The molecular formula is C24H36O4. The van der Waals surface area contributed by atoms with E-state index in [9.17, 15) is 15.0 Å². The van der Waals surface area contributed by atoms with Crippen molar-refractivity contribution < 1.29 is 19.7 Å². The molecule has 0 bridgehead atoms. The fourth-order valence-electron chi connectivity index (χ4n) is 8.76. The topological polar surface area (TPSA) is 66.8 Å². The van der Waals surface area contributed by atoms with Gasteiger partial charge in [0.25, 0.3) is 0 Å². The Morgan fingerprint density at radius 2 is 1.86 bits per heavy atom. The van der Waals surface area contributed by atoms with Gasteiger partial charge in [0.2, 0.25) is 0 Å². The van der Waals surface area contributed by atoms with Crippen molar-refractivity contribution in [2.24, 2.45) is 40.4 Å². The van der Waals surface area contributed by atoms with Gasteiger partial charge in [0.15, 0.2) is 0 Å². The third kappa shape index (κ3) is 2.28. The Hall–Kier alpha value is -0.870. The zero-order valence-corrected chi connectivity index (χ0v) is 17.6. The smallest absolute Gasteiger partial charge is 0.331 e. The van der Waals surface area contributed by atoms with E-state index in [-0.39, 0.29) is 28.8 Å². The molecule has 1 aliphatic heterocycles. The van der Waals surface area contributed by atoms with Crippen LogP contribution in [0.4, 0.5) is 0 Å². The molecule has 0 radical (unpaired) electrons. The highest BCUT2D eigenvalue weighted by Crippen LogP contribution is 2.71. The van der Waals surface area contributed by atoms with Crippen molar-refractivity contribution in [2.45, 2.75) is 83.8 Å². The number of esters is 1. The minimum Gasteiger partial charge on any atom is -0.458 e. The average molecular weight is 389 g/mol. The molecule has 3 unspecified atom stereocenters. The normalized spacial score (nSPS) is 55.8. The minimum absolute atomic E-state index is 0.133. The monoisotopic (exact) mass is 388 g/mol. The summed E-state index contributed by atoms with van der Waals surface area (Å²) in [5, 5.41) is 22.5. The van der Waals surface area contributed by atoms with Crippen LogP contribution in [0.25, 0.3) is 0 Å². The zero-order chi connectivity index (χ0) is 19.9. The molecule has 5 aliphatic rings. The molecule has 1 heterocycles. The molecule has 4 fully saturated rings. The predicted octanol–water partition coefficient (Wildman–Crippen LogP) is 3.85. The second-order valence-corrected chi connectivity index (χ2v) is 11.2. The van der Waals surface area contributed by atoms with Gasteiger partial charge in [-0.2, -0.15) is 0 Å². The second kappa shape index (κ2) is 6.07. The van der Waals surface area contributed by atoms with Crippen molar-refractivity contribution in [3.63, 3.8) is 0 Å². The van der Waals surface area contributed by atoms with Crippen LogP contribution >= 0.6 is 0 Å². The lowest BCUT2D eigenvalue weighted by Crippen LogP contribution is -2.64. The molecule has 0 saturated heterocycles. The summed E-state index contributed by atoms with van der Waals surface area (Å²) in [6.45, 7) is 7.50. The summed E-state index contributed by atoms with van der Waals surface area (Å²) < 4.78 is 5.24. The lowest BCUT2D eigenvalue weighted by Gasteiger charge is -2.65. The maximum Gasteiger partial charge on any atom is 0.331 e. The summed E-state index contributed by atoms with van der Waals surface area (Å²) in [7, 11) is 0. The zero-order valence-electron chi connectivity index (χ0n) is 17.6. The van der Waals surface area contributed by atoms with Crippen molar-refractivity contribution in [3.8, 4) is 0 Å². The summed E-state index contributed by atoms with van der Waals surface area (Å²) in [5.41, 5.74) is 0.508. The van der Waals surface area contributed by atoms with Crippen LogP contribution in [0.5, 0.6) is 0 Å². The van der Waals surface area contributed by atoms with E-state index in [2.05, 4.69) is 20.8 Å². The maximum absolute atomic E-state index is 12.3. The summed E-state index contributed by atoms with van der Waals surface area (Å²) in [5.74, 6) is 1.92. The Bertz CT molecular complexity index is 715. The molecule has 4 saturated carbocycles. The van der Waals surface area contributed by atoms with E-state index >= 15 is 0 Å². The number of carbonyl (C=O) groups excluding carboxylic acids is 1. The third-order valence-electron chi connectivity index (χ3n) is 10.5. The molecule has 28 heavy (non-hydrogen) atoms. The fraction of sp³-hybridized carbons (Fsp3) is 0.875. The number of aliphatic hydroxyl groups excluding tert-OH is 1. The highest BCUT2D eigenvalue weighted by atomic mass is 16.5. The molecule has 4 nitrogen and oxygen atoms in total. The van der Waals surface area contributed by atoms with E-state index in [4.69, 9.17) is 4.74 Å². The summed E-state index contributed by atoms with van der Waals surface area (Å²) >= 11 is 0. The number of carbonyl (C=O) groups is 1. The van der Waals surface area contributed by atoms with E-state index in [0.29, 0.717) is 30.3 Å². The van der Waals surface area contributed by atoms with Crippen LogP contribution in [0.3, 0.4) is 0 Å². The summed E-state index contributed by atoms with van der Waals surface area (Å²) in [6, 6.07) is 0. The Morgan fingerprint density at radius 3 is 2.57 bits per heavy atom. The van der Waals surface area contributed by atoms with Crippen molar-refractivity contribution in [2.75, 3.05) is 6.61 Å². The third-order valence-corrected chi connectivity index (χ3v) is 10.5. The summed E-state index contributed by atoms with van der Waals surface area (Å²) in [6.07, 6.45) is 9.69. The number of cyclic esters (lactones) is 1. The fourth-order valence-corrected chi connectivity index (χ4v) is 8.76. The van der Waals surface area contributed by atoms with Crippen molar-refractivity contribution >= 4 is 5.97 Å². The van der Waals surface area contributed by atoms with Crippen LogP contribution in [-0.2, 0) is 9.53 Å². The predicted molar refractivity (Wildman–Crippen MR) is 106 cm³/mol. The molecule has 4 aliphatic carbocycles. The number of rotatable bonds is 1. The van der Waals surface area contributed by atoms with Gasteiger partial charge in [0.1, 0.15) is 6.61 Å². The number of ether oxygens (including phenoxy) is 1. The first-order valence-corrected chi connectivity index (χ1v) is 11.5. The van der Waals surface area contributed by atoms with Gasteiger partial charge in [0, 0.05) is 11.5 Å². The van der Waals surface area contributed by atoms with E-state index in [0.717, 1.165) is 56.9 Å². The van der Waals surface area contributed by atoms with Gasteiger partial charge in [-0.05, 0) is 91.9 Å². The standard InChI is InChI=1S/C24H36O4/c1-14-10-20-19(5-4-16-12-17(25)6-8-22(16,20)2)24(27)9-7-18(23(14,24)3)15-11-21(26)28-13-15/h11,14,16-20,25,27H,4-10,12-13H2,1-3H3/t14-,16?,17-,18+,19?,20?,22-,23+,24-/m0/s1. The van der Waals surface area contributed by atoms with Crippen LogP contribution in [0.1, 0.15) is 72.1 Å². The molecule has 0 aromatic heterocycles. The first-order valence-electron chi connectivity index (χ1n) is 11.5. The molecule has 0 aromatic carbocycles. The van der Waals surface area contributed by atoms with E-state index in [1.807, 2.05) is 0 Å². The molecule has 0 spiro atoms. The number of hydrogen-bond donors (Lipinski definition) is 2. The molecule has 9 atom stereocenters. The molecule has 2 N–H and O–H groups in total. The number of fused-ring (bicyclic) bond motifs is 5. The Labute approximate surface area is 168 Å². The number of aliphatic hydroxyl groups is 2. The van der Waals surface area contributed by atoms with E-state index in [1.54, 1.807) is 6.08 Å².